The Kier molecular flexibility index (Phi) is 5.60. The molecule has 0 spiro atoms. The Morgan fingerprint density at radius 1 is 1.12 bits per heavy atom. The van der Waals surface area contributed by atoms with E-state index in [1.807, 2.05) is 36.4 Å². The molecule has 6 nitrogen and oxygen atoms in total. The first-order valence-electron chi connectivity index (χ1n) is 11.0. The molecule has 3 heterocycles. The van der Waals surface area contributed by atoms with Crippen LogP contribution in [-0.2, 0) is 22.6 Å². The summed E-state index contributed by atoms with van der Waals surface area (Å²) in [5, 5.41) is 10.3. The molecule has 1 saturated heterocycles. The molecule has 170 valence electrons. The predicted octanol–water partition coefficient (Wildman–Crippen LogP) is 2.99. The van der Waals surface area contributed by atoms with Crippen molar-refractivity contribution >= 4 is 5.97 Å². The Bertz CT molecular complexity index is 1240. The molecule has 0 saturated carbocycles. The van der Waals surface area contributed by atoms with Crippen molar-refractivity contribution in [3.05, 3.63) is 94.2 Å². The van der Waals surface area contributed by atoms with E-state index in [1.54, 1.807) is 22.8 Å². The number of esters is 1. The minimum atomic E-state index is -0.595. The fraction of sp³-hybridized carbons (Fsp3) is 0.308. The van der Waals surface area contributed by atoms with Gasteiger partial charge in [-0.3, -0.25) is 14.5 Å². The number of methoxy groups -OCH3 is 1. The Balaban J connectivity index is 1.64. The highest BCUT2D eigenvalue weighted by Gasteiger charge is 2.56. The third-order valence-electron chi connectivity index (χ3n) is 6.99. The number of nitrogens with zero attached hydrogens (tertiary/aromatic N) is 2. The summed E-state index contributed by atoms with van der Waals surface area (Å²) in [7, 11) is 1.35. The lowest BCUT2D eigenvalue weighted by Gasteiger charge is -2.38. The number of fused-ring (bicyclic) bond motifs is 4. The predicted molar refractivity (Wildman–Crippen MR) is 121 cm³/mol. The molecule has 1 N–H and O–H groups in total. The van der Waals surface area contributed by atoms with Crippen molar-refractivity contribution < 1.29 is 19.0 Å². The van der Waals surface area contributed by atoms with Crippen LogP contribution in [0.4, 0.5) is 4.39 Å². The van der Waals surface area contributed by atoms with Gasteiger partial charge in [0.25, 0.3) is 5.56 Å². The zero-order valence-corrected chi connectivity index (χ0v) is 18.2. The van der Waals surface area contributed by atoms with E-state index in [2.05, 4.69) is 4.90 Å². The first-order chi connectivity index (χ1) is 16.0. The van der Waals surface area contributed by atoms with Crippen LogP contribution in [-0.4, -0.2) is 40.3 Å². The lowest BCUT2D eigenvalue weighted by molar-refractivity contribution is -0.148. The number of hydrogen-bond donors (Lipinski definition) is 1. The number of pyridine rings is 1. The van der Waals surface area contributed by atoms with E-state index < -0.39 is 23.7 Å². The summed E-state index contributed by atoms with van der Waals surface area (Å²) in [6, 6.07) is 18.8. The van der Waals surface area contributed by atoms with E-state index in [0.717, 1.165) is 5.56 Å². The molecule has 2 bridgehead atoms. The minimum absolute atomic E-state index is 0.189. The van der Waals surface area contributed by atoms with Crippen molar-refractivity contribution in [2.45, 2.75) is 25.2 Å². The fourth-order valence-corrected chi connectivity index (χ4v) is 5.51. The molecule has 4 atom stereocenters. The molecule has 5 rings (SSSR count). The van der Waals surface area contributed by atoms with Gasteiger partial charge in [0.05, 0.1) is 19.1 Å². The molecule has 2 aromatic carbocycles. The van der Waals surface area contributed by atoms with Gasteiger partial charge in [0.15, 0.2) is 0 Å². The second-order valence-corrected chi connectivity index (χ2v) is 8.66. The van der Waals surface area contributed by atoms with Crippen LogP contribution >= 0.6 is 0 Å². The number of ether oxygens (including phenoxy) is 1. The van der Waals surface area contributed by atoms with Gasteiger partial charge in [0.2, 0.25) is 0 Å². The molecule has 1 aromatic heterocycles. The smallest absolute Gasteiger partial charge is 0.311 e. The van der Waals surface area contributed by atoms with Crippen LogP contribution in [0, 0.1) is 17.7 Å². The number of carbonyl (C=O) groups is 1. The number of rotatable bonds is 5. The van der Waals surface area contributed by atoms with E-state index in [9.17, 15) is 19.1 Å². The summed E-state index contributed by atoms with van der Waals surface area (Å²) in [5.74, 6) is -1.77. The highest BCUT2D eigenvalue weighted by atomic mass is 19.1. The van der Waals surface area contributed by atoms with Gasteiger partial charge in [0.1, 0.15) is 5.82 Å². The van der Waals surface area contributed by atoms with Crippen LogP contribution < -0.4 is 5.56 Å². The summed E-state index contributed by atoms with van der Waals surface area (Å²) in [5.41, 5.74) is 2.48. The summed E-state index contributed by atoms with van der Waals surface area (Å²) >= 11 is 0. The lowest BCUT2D eigenvalue weighted by atomic mass is 9.87. The third-order valence-corrected chi connectivity index (χ3v) is 6.99. The summed E-state index contributed by atoms with van der Waals surface area (Å²) < 4.78 is 20.6. The summed E-state index contributed by atoms with van der Waals surface area (Å²) in [6.07, 6.45) is 0. The molecule has 0 radical (unpaired) electrons. The third kappa shape index (κ3) is 3.57. The molecular formula is C26H25FN2O4. The van der Waals surface area contributed by atoms with Crippen LogP contribution in [0.5, 0.6) is 0 Å². The van der Waals surface area contributed by atoms with Crippen LogP contribution in [0.2, 0.25) is 0 Å². The maximum Gasteiger partial charge on any atom is 0.311 e. The molecular weight excluding hydrogens is 423 g/mol. The monoisotopic (exact) mass is 448 g/mol. The Hall–Kier alpha value is -3.29. The molecule has 3 aromatic rings. The van der Waals surface area contributed by atoms with Gasteiger partial charge >= 0.3 is 5.97 Å². The average molecular weight is 448 g/mol. The van der Waals surface area contributed by atoms with E-state index >= 15 is 0 Å². The SMILES string of the molecule is COC(=O)[C@@H]1[C@@H](CO)[C@@H]2Cn3c(ccc(-c4cccc(F)c4)c3=O)[C@H]1N2Cc1ccccc1. The number of carbonyl (C=O) groups excluding carboxylic acids is 1. The Morgan fingerprint density at radius 2 is 1.91 bits per heavy atom. The van der Waals surface area contributed by atoms with Crippen LogP contribution in [0.15, 0.2) is 71.5 Å². The van der Waals surface area contributed by atoms with Crippen molar-refractivity contribution in [3.63, 3.8) is 0 Å². The second-order valence-electron chi connectivity index (χ2n) is 8.66. The van der Waals surface area contributed by atoms with Gasteiger partial charge in [-0.25, -0.2) is 4.39 Å². The van der Waals surface area contributed by atoms with E-state index in [1.165, 1.54) is 19.2 Å². The number of halogens is 1. The molecule has 0 amide bonds. The maximum atomic E-state index is 13.8. The number of aliphatic hydroxyl groups is 1. The number of benzene rings is 2. The topological polar surface area (TPSA) is 71.8 Å². The van der Waals surface area contributed by atoms with Crippen LogP contribution in [0.25, 0.3) is 11.1 Å². The van der Waals surface area contributed by atoms with Gasteiger partial charge in [0, 0.05) is 42.9 Å². The molecule has 33 heavy (non-hydrogen) atoms. The normalized spacial score (nSPS) is 23.8. The lowest BCUT2D eigenvalue weighted by Crippen LogP contribution is -2.46. The Morgan fingerprint density at radius 3 is 2.61 bits per heavy atom. The largest absolute Gasteiger partial charge is 0.469 e. The minimum Gasteiger partial charge on any atom is -0.469 e. The van der Waals surface area contributed by atoms with Crippen LogP contribution in [0.1, 0.15) is 17.3 Å². The number of aliphatic hydroxyl groups excluding tert-OH is 1. The summed E-state index contributed by atoms with van der Waals surface area (Å²) in [4.78, 5) is 28.6. The fourth-order valence-electron chi connectivity index (χ4n) is 5.51. The van der Waals surface area contributed by atoms with E-state index in [4.69, 9.17) is 4.74 Å². The zero-order valence-electron chi connectivity index (χ0n) is 18.2. The number of hydrogen-bond acceptors (Lipinski definition) is 5. The van der Waals surface area contributed by atoms with Crippen LogP contribution in [0.3, 0.4) is 0 Å². The van der Waals surface area contributed by atoms with Gasteiger partial charge in [-0.1, -0.05) is 42.5 Å². The average Bonchev–Trinajstić information content (AvgIpc) is 3.03. The first-order valence-corrected chi connectivity index (χ1v) is 11.0. The quantitative estimate of drug-likeness (QED) is 0.608. The summed E-state index contributed by atoms with van der Waals surface area (Å²) in [6.45, 7) is 0.727. The van der Waals surface area contributed by atoms with Crippen molar-refractivity contribution in [1.29, 1.82) is 0 Å². The van der Waals surface area contributed by atoms with Gasteiger partial charge in [-0.05, 0) is 35.4 Å². The highest BCUT2D eigenvalue weighted by molar-refractivity contribution is 5.75. The molecule has 1 fully saturated rings. The maximum absolute atomic E-state index is 13.8. The van der Waals surface area contributed by atoms with Gasteiger partial charge < -0.3 is 14.4 Å². The Labute approximate surface area is 190 Å². The molecule has 0 unspecified atom stereocenters. The molecule has 0 aliphatic carbocycles. The second kappa shape index (κ2) is 8.57. The molecule has 7 heteroatoms. The first kappa shape index (κ1) is 21.6. The van der Waals surface area contributed by atoms with Crippen molar-refractivity contribution in [2.24, 2.45) is 11.8 Å². The standard InChI is InChI=1S/C26H25FN2O4/c1-33-26(32)23-20(15-30)22-14-29-21(24(23)28(22)13-16-6-3-2-4-7-16)11-10-19(25(29)31)17-8-5-9-18(27)12-17/h2-12,20,22-24,30H,13-15H2,1H3/t20-,22-,23+,24+/m0/s1. The molecule has 2 aliphatic rings. The van der Waals surface area contributed by atoms with E-state index in [0.29, 0.717) is 29.9 Å². The van der Waals surface area contributed by atoms with Crippen molar-refractivity contribution in [2.75, 3.05) is 13.7 Å². The zero-order chi connectivity index (χ0) is 23.1. The number of aromatic nitrogens is 1. The van der Waals surface area contributed by atoms with Crippen molar-refractivity contribution in [3.8, 4) is 11.1 Å². The molecule has 2 aliphatic heterocycles. The highest BCUT2D eigenvalue weighted by Crippen LogP contribution is 2.49. The van der Waals surface area contributed by atoms with Crippen molar-refractivity contribution in [1.82, 2.24) is 9.47 Å². The van der Waals surface area contributed by atoms with Gasteiger partial charge in [-0.15, -0.1) is 0 Å². The van der Waals surface area contributed by atoms with E-state index in [-0.39, 0.29) is 24.1 Å². The van der Waals surface area contributed by atoms with Gasteiger partial charge in [-0.2, -0.15) is 0 Å².